The van der Waals surface area contributed by atoms with Crippen LogP contribution in [0.2, 0.25) is 0 Å². The zero-order chi connectivity index (χ0) is 29.1. The molecule has 1 aromatic rings. The van der Waals surface area contributed by atoms with Crippen molar-refractivity contribution >= 4 is 91.2 Å². The zero-order valence-corrected chi connectivity index (χ0v) is 28.8. The van der Waals surface area contributed by atoms with E-state index in [4.69, 9.17) is 18.9 Å². The van der Waals surface area contributed by atoms with Crippen LogP contribution in [-0.4, -0.2) is 86.1 Å². The highest BCUT2D eigenvalue weighted by molar-refractivity contribution is 14.1. The maximum Gasteiger partial charge on any atom is 0.253 e. The van der Waals surface area contributed by atoms with Crippen molar-refractivity contribution < 1.29 is 38.4 Å². The Labute approximate surface area is 268 Å². The number of aliphatic hydroxyl groups excluding tert-OH is 1. The van der Waals surface area contributed by atoms with Gasteiger partial charge in [0, 0.05) is 30.1 Å². The summed E-state index contributed by atoms with van der Waals surface area (Å²) in [6.45, 7) is 9.49. The van der Waals surface area contributed by atoms with Crippen LogP contribution in [0.25, 0.3) is 0 Å². The molecule has 2 fully saturated rings. The number of carbonyl (C=O) groups is 3. The van der Waals surface area contributed by atoms with Crippen molar-refractivity contribution in [3.8, 4) is 0 Å². The molecule has 218 valence electrons. The number of hydrazine groups is 1. The molecule has 3 amide bonds. The molecule has 15 heteroatoms. The number of hydrogen-bond donors (Lipinski definition) is 4. The molecule has 0 spiro atoms. The van der Waals surface area contributed by atoms with Gasteiger partial charge in [-0.2, -0.15) is 0 Å². The number of amides is 3. The van der Waals surface area contributed by atoms with E-state index in [-0.39, 0.29) is 55.5 Å². The van der Waals surface area contributed by atoms with Gasteiger partial charge in [-0.05, 0) is 95.5 Å². The summed E-state index contributed by atoms with van der Waals surface area (Å²) in [4.78, 5) is 39.7. The van der Waals surface area contributed by atoms with Crippen LogP contribution in [-0.2, 0) is 23.7 Å². The highest BCUT2D eigenvalue weighted by Gasteiger charge is 2.36. The molecule has 2 aliphatic rings. The maximum atomic E-state index is 13.5. The van der Waals surface area contributed by atoms with Crippen LogP contribution < -0.4 is 21.1 Å². The Morgan fingerprint density at radius 3 is 1.64 bits per heavy atom. The molecule has 0 bridgehead atoms. The summed E-state index contributed by atoms with van der Waals surface area (Å²) in [5.74, 6) is -2.70. The summed E-state index contributed by atoms with van der Waals surface area (Å²) in [7, 11) is 0. The zero-order valence-electron chi connectivity index (χ0n) is 22.3. The smallest absolute Gasteiger partial charge is 0.253 e. The first-order chi connectivity index (χ1) is 18.2. The van der Waals surface area contributed by atoms with Gasteiger partial charge < -0.3 is 34.7 Å². The molecule has 2 heterocycles. The number of ether oxygens (including phenoxy) is 4. The normalized spacial score (nSPS) is 21.6. The van der Waals surface area contributed by atoms with Crippen LogP contribution in [0, 0.1) is 10.7 Å². The molecule has 12 nitrogen and oxygen atoms in total. The lowest BCUT2D eigenvalue weighted by molar-refractivity contribution is -0.138. The van der Waals surface area contributed by atoms with Crippen LogP contribution in [0.4, 0.5) is 5.69 Å². The number of nitrogens with zero attached hydrogens (tertiary/aromatic N) is 1. The van der Waals surface area contributed by atoms with Crippen molar-refractivity contribution in [2.75, 3.05) is 44.5 Å². The molecule has 2 unspecified atom stereocenters. The Morgan fingerprint density at radius 1 is 0.872 bits per heavy atom. The summed E-state index contributed by atoms with van der Waals surface area (Å²) in [6, 6.07) is 0. The average Bonchev–Trinajstić information content (AvgIpc) is 3.37. The fourth-order valence-corrected chi connectivity index (χ4v) is 8.70. The second kappa shape index (κ2) is 13.7. The highest BCUT2D eigenvalue weighted by Crippen LogP contribution is 2.38. The molecule has 2 saturated heterocycles. The van der Waals surface area contributed by atoms with E-state index < -0.39 is 23.4 Å². The number of rotatable bonds is 10. The van der Waals surface area contributed by atoms with Gasteiger partial charge in [0.05, 0.1) is 43.8 Å². The Kier molecular flexibility index (Phi) is 11.6. The molecular formula is C24H33I3N4O8. The molecule has 0 aromatic heterocycles. The second-order valence-electron chi connectivity index (χ2n) is 9.85. The highest BCUT2D eigenvalue weighted by atomic mass is 127. The van der Waals surface area contributed by atoms with Gasteiger partial charge in [0.1, 0.15) is 12.2 Å². The molecule has 3 rings (SSSR count). The standard InChI is InChI=1S/C24H33I3N4O8/c1-12(33)31(30-6-7-32)20-18(26)15(21(34)28-8-13-10-36-23(2,3)38-13)17(25)16(19(20)27)22(35)29-9-14-11-37-24(4,5)39-14/h13-14,30,32H,6-11H2,1-5H3,(H,28,34)(H,29,35). The summed E-state index contributed by atoms with van der Waals surface area (Å²) in [5.41, 5.74) is 3.71. The van der Waals surface area contributed by atoms with E-state index in [1.54, 1.807) is 27.7 Å². The van der Waals surface area contributed by atoms with E-state index >= 15 is 0 Å². The molecule has 2 aliphatic heterocycles. The van der Waals surface area contributed by atoms with Crippen LogP contribution in [0.1, 0.15) is 55.3 Å². The van der Waals surface area contributed by atoms with Crippen molar-refractivity contribution in [3.63, 3.8) is 0 Å². The number of hydrogen-bond acceptors (Lipinski definition) is 9. The Hall–Kier alpha value is -0.420. The SMILES string of the molecule is CC(=O)N(NCCO)c1c(I)c(C(=O)NCC2COC(C)(C)O2)c(I)c(C(=O)NCC2COC(C)(C)O2)c1I. The maximum absolute atomic E-state index is 13.5. The molecule has 4 N–H and O–H groups in total. The Bertz CT molecular complexity index is 1050. The summed E-state index contributed by atoms with van der Waals surface area (Å²) >= 11 is 6.00. The topological polar surface area (TPSA) is 148 Å². The summed E-state index contributed by atoms with van der Waals surface area (Å²) in [6.07, 6.45) is -0.661. The van der Waals surface area contributed by atoms with Crippen LogP contribution >= 0.6 is 67.8 Å². The minimum absolute atomic E-state index is 0.0877. The van der Waals surface area contributed by atoms with Gasteiger partial charge in [0.2, 0.25) is 5.91 Å². The van der Waals surface area contributed by atoms with E-state index in [9.17, 15) is 19.5 Å². The van der Waals surface area contributed by atoms with Crippen molar-refractivity contribution in [3.05, 3.63) is 21.8 Å². The van der Waals surface area contributed by atoms with Crippen molar-refractivity contribution in [2.45, 2.75) is 58.4 Å². The fraction of sp³-hybridized carbons (Fsp3) is 0.625. The quantitative estimate of drug-likeness (QED) is 0.205. The van der Waals surface area contributed by atoms with Crippen LogP contribution in [0.5, 0.6) is 0 Å². The molecular weight excluding hydrogens is 853 g/mol. The number of aliphatic hydroxyl groups is 1. The summed E-state index contributed by atoms with van der Waals surface area (Å²) < 4.78 is 24.1. The molecule has 1 aromatic carbocycles. The summed E-state index contributed by atoms with van der Waals surface area (Å²) in [5, 5.41) is 16.4. The third-order valence-electron chi connectivity index (χ3n) is 5.78. The monoisotopic (exact) mass is 886 g/mol. The van der Waals surface area contributed by atoms with E-state index in [0.29, 0.717) is 29.6 Å². The van der Waals surface area contributed by atoms with Gasteiger partial charge >= 0.3 is 0 Å². The second-order valence-corrected chi connectivity index (χ2v) is 13.1. The molecule has 0 radical (unpaired) electrons. The first-order valence-electron chi connectivity index (χ1n) is 12.2. The van der Waals surface area contributed by atoms with Gasteiger partial charge in [-0.15, -0.1) is 0 Å². The van der Waals surface area contributed by atoms with E-state index in [2.05, 4.69) is 16.1 Å². The third-order valence-corrected chi connectivity index (χ3v) is 8.96. The number of anilines is 1. The first kappa shape index (κ1) is 33.1. The number of carbonyl (C=O) groups excluding carboxylic acids is 3. The lowest BCUT2D eigenvalue weighted by Crippen LogP contribution is -2.45. The lowest BCUT2D eigenvalue weighted by atomic mass is 10.1. The van der Waals surface area contributed by atoms with Crippen LogP contribution in [0.15, 0.2) is 0 Å². The van der Waals surface area contributed by atoms with E-state index in [1.807, 2.05) is 67.8 Å². The lowest BCUT2D eigenvalue weighted by Gasteiger charge is -2.27. The minimum Gasteiger partial charge on any atom is -0.395 e. The van der Waals surface area contributed by atoms with Gasteiger partial charge in [-0.3, -0.25) is 14.4 Å². The number of benzene rings is 1. The van der Waals surface area contributed by atoms with Crippen molar-refractivity contribution in [1.29, 1.82) is 0 Å². The Balaban J connectivity index is 1.97. The average molecular weight is 886 g/mol. The molecule has 0 saturated carbocycles. The van der Waals surface area contributed by atoms with Gasteiger partial charge in [0.25, 0.3) is 11.8 Å². The molecule has 39 heavy (non-hydrogen) atoms. The number of nitrogens with one attached hydrogen (secondary N) is 3. The largest absolute Gasteiger partial charge is 0.395 e. The third kappa shape index (κ3) is 8.33. The van der Waals surface area contributed by atoms with Gasteiger partial charge in [0.15, 0.2) is 11.6 Å². The van der Waals surface area contributed by atoms with Gasteiger partial charge in [-0.1, -0.05) is 0 Å². The van der Waals surface area contributed by atoms with Crippen molar-refractivity contribution in [1.82, 2.24) is 16.1 Å². The fourth-order valence-electron chi connectivity index (χ4n) is 4.07. The molecule has 2 atom stereocenters. The van der Waals surface area contributed by atoms with E-state index in [0.717, 1.165) is 0 Å². The van der Waals surface area contributed by atoms with Gasteiger partial charge in [-0.25, -0.2) is 10.4 Å². The Morgan fingerprint density at radius 2 is 1.31 bits per heavy atom. The predicted molar refractivity (Wildman–Crippen MR) is 167 cm³/mol. The molecule has 0 aliphatic carbocycles. The van der Waals surface area contributed by atoms with Crippen LogP contribution in [0.3, 0.4) is 0 Å². The van der Waals surface area contributed by atoms with E-state index in [1.165, 1.54) is 11.9 Å². The van der Waals surface area contributed by atoms with Crippen molar-refractivity contribution in [2.24, 2.45) is 0 Å². The first-order valence-corrected chi connectivity index (χ1v) is 15.5. The predicted octanol–water partition coefficient (Wildman–Crippen LogP) is 2.11. The number of halogens is 3. The minimum atomic E-state index is -0.733.